The van der Waals surface area contributed by atoms with Crippen molar-refractivity contribution in [3.05, 3.63) is 35.1 Å². The first-order valence-corrected chi connectivity index (χ1v) is 4.93. The minimum Gasteiger partial charge on any atom is -0.330 e. The van der Waals surface area contributed by atoms with Crippen LogP contribution in [0.5, 0.6) is 0 Å². The fourth-order valence-electron chi connectivity index (χ4n) is 1.48. The molecular formula is C11H13F4N. The average molecular weight is 235 g/mol. The molecule has 0 aliphatic carbocycles. The van der Waals surface area contributed by atoms with Crippen LogP contribution in [-0.2, 0) is 6.18 Å². The maximum atomic E-state index is 13.2. The Morgan fingerprint density at radius 3 is 2.38 bits per heavy atom. The van der Waals surface area contributed by atoms with Crippen LogP contribution in [0.3, 0.4) is 0 Å². The highest BCUT2D eigenvalue weighted by atomic mass is 19.4. The normalized spacial score (nSPS) is 13.9. The third-order valence-corrected chi connectivity index (χ3v) is 2.47. The zero-order valence-corrected chi connectivity index (χ0v) is 8.81. The van der Waals surface area contributed by atoms with Gasteiger partial charge in [0.25, 0.3) is 0 Å². The summed E-state index contributed by atoms with van der Waals surface area (Å²) in [6, 6.07) is 3.01. The highest BCUT2D eigenvalue weighted by Crippen LogP contribution is 2.32. The van der Waals surface area contributed by atoms with Crippen molar-refractivity contribution in [1.82, 2.24) is 0 Å². The van der Waals surface area contributed by atoms with E-state index in [0.29, 0.717) is 18.5 Å². The van der Waals surface area contributed by atoms with E-state index in [4.69, 9.17) is 5.73 Å². The Hall–Kier alpha value is -1.10. The van der Waals surface area contributed by atoms with E-state index < -0.39 is 17.6 Å². The molecule has 0 aromatic heterocycles. The van der Waals surface area contributed by atoms with Crippen LogP contribution >= 0.6 is 0 Å². The van der Waals surface area contributed by atoms with Gasteiger partial charge in [-0.1, -0.05) is 13.0 Å². The lowest BCUT2D eigenvalue weighted by Crippen LogP contribution is -2.10. The Bertz CT molecular complexity index is 359. The lowest BCUT2D eigenvalue weighted by Gasteiger charge is -2.13. The molecule has 0 heterocycles. The molecule has 0 saturated carbocycles. The molecule has 1 atom stereocenters. The number of benzene rings is 1. The first-order chi connectivity index (χ1) is 7.36. The van der Waals surface area contributed by atoms with E-state index in [1.165, 1.54) is 6.07 Å². The highest BCUT2D eigenvalue weighted by molar-refractivity contribution is 5.28. The number of rotatable bonds is 3. The van der Waals surface area contributed by atoms with Crippen molar-refractivity contribution in [3.63, 3.8) is 0 Å². The summed E-state index contributed by atoms with van der Waals surface area (Å²) in [6.07, 6.45) is -4.02. The second kappa shape index (κ2) is 4.82. The summed E-state index contributed by atoms with van der Waals surface area (Å²) in [4.78, 5) is 0. The SMILES string of the molecule is CC(CCN)c1ccc(C(F)(F)F)c(F)c1. The van der Waals surface area contributed by atoms with Gasteiger partial charge in [-0.2, -0.15) is 13.2 Å². The molecule has 1 aromatic rings. The Morgan fingerprint density at radius 1 is 1.31 bits per heavy atom. The van der Waals surface area contributed by atoms with Crippen LogP contribution in [0, 0.1) is 5.82 Å². The molecule has 1 unspecified atom stereocenters. The molecule has 0 aliphatic rings. The van der Waals surface area contributed by atoms with Crippen LogP contribution in [0.2, 0.25) is 0 Å². The lowest BCUT2D eigenvalue weighted by molar-refractivity contribution is -0.140. The van der Waals surface area contributed by atoms with Gasteiger partial charge in [-0.05, 0) is 36.6 Å². The Morgan fingerprint density at radius 2 is 1.94 bits per heavy atom. The summed E-state index contributed by atoms with van der Waals surface area (Å²) in [6.45, 7) is 2.22. The molecule has 16 heavy (non-hydrogen) atoms. The molecule has 1 rings (SSSR count). The van der Waals surface area contributed by atoms with Crippen molar-refractivity contribution < 1.29 is 17.6 Å². The minimum atomic E-state index is -4.64. The van der Waals surface area contributed by atoms with Crippen LogP contribution in [0.15, 0.2) is 18.2 Å². The molecule has 0 amide bonds. The molecule has 2 N–H and O–H groups in total. The molecule has 1 nitrogen and oxygen atoms in total. The summed E-state index contributed by atoms with van der Waals surface area (Å²) < 4.78 is 50.0. The van der Waals surface area contributed by atoms with Gasteiger partial charge < -0.3 is 5.73 Å². The van der Waals surface area contributed by atoms with Crippen molar-refractivity contribution in [2.24, 2.45) is 5.73 Å². The molecule has 0 fully saturated rings. The standard InChI is InChI=1S/C11H13F4N/c1-7(4-5-16)8-2-3-9(10(12)6-8)11(13,14)15/h2-3,6-7H,4-5,16H2,1H3. The largest absolute Gasteiger partial charge is 0.419 e. The molecule has 0 aliphatic heterocycles. The fourth-order valence-corrected chi connectivity index (χ4v) is 1.48. The van der Waals surface area contributed by atoms with Gasteiger partial charge in [0.1, 0.15) is 5.82 Å². The van der Waals surface area contributed by atoms with Crippen LogP contribution in [-0.4, -0.2) is 6.54 Å². The smallest absolute Gasteiger partial charge is 0.330 e. The molecule has 5 heteroatoms. The molecule has 0 bridgehead atoms. The number of nitrogens with two attached hydrogens (primary N) is 1. The molecule has 0 radical (unpaired) electrons. The fraction of sp³-hybridized carbons (Fsp3) is 0.455. The van der Waals surface area contributed by atoms with Gasteiger partial charge in [0.2, 0.25) is 0 Å². The lowest BCUT2D eigenvalue weighted by atomic mass is 9.96. The van der Waals surface area contributed by atoms with Gasteiger partial charge in [0, 0.05) is 0 Å². The average Bonchev–Trinajstić information content (AvgIpc) is 2.16. The predicted octanol–water partition coefficient (Wildman–Crippen LogP) is 3.30. The molecule has 0 saturated heterocycles. The Kier molecular flexibility index (Phi) is 3.91. The third-order valence-electron chi connectivity index (χ3n) is 2.47. The van der Waals surface area contributed by atoms with E-state index in [0.717, 1.165) is 12.1 Å². The van der Waals surface area contributed by atoms with Crippen molar-refractivity contribution >= 4 is 0 Å². The molecule has 1 aromatic carbocycles. The second-order valence-electron chi connectivity index (χ2n) is 3.72. The Labute approximate surface area is 91.3 Å². The van der Waals surface area contributed by atoms with Gasteiger partial charge in [0.05, 0.1) is 5.56 Å². The van der Waals surface area contributed by atoms with Gasteiger partial charge in [-0.15, -0.1) is 0 Å². The van der Waals surface area contributed by atoms with Crippen LogP contribution in [0.25, 0.3) is 0 Å². The van der Waals surface area contributed by atoms with Gasteiger partial charge >= 0.3 is 6.18 Å². The number of hydrogen-bond donors (Lipinski definition) is 1. The first kappa shape index (κ1) is 13.0. The van der Waals surface area contributed by atoms with Crippen molar-refractivity contribution in [2.45, 2.75) is 25.4 Å². The quantitative estimate of drug-likeness (QED) is 0.799. The van der Waals surface area contributed by atoms with Crippen molar-refractivity contribution in [3.8, 4) is 0 Å². The maximum Gasteiger partial charge on any atom is 0.419 e. The topological polar surface area (TPSA) is 26.0 Å². The van der Waals surface area contributed by atoms with Crippen LogP contribution in [0.4, 0.5) is 17.6 Å². The zero-order valence-electron chi connectivity index (χ0n) is 8.81. The zero-order chi connectivity index (χ0) is 12.3. The van der Waals surface area contributed by atoms with E-state index in [1.54, 1.807) is 6.92 Å². The van der Waals surface area contributed by atoms with Gasteiger partial charge in [-0.3, -0.25) is 0 Å². The summed E-state index contributed by atoms with van der Waals surface area (Å²) in [5.74, 6) is -1.27. The van der Waals surface area contributed by atoms with Crippen molar-refractivity contribution in [1.29, 1.82) is 0 Å². The monoisotopic (exact) mass is 235 g/mol. The summed E-state index contributed by atoms with van der Waals surface area (Å²) in [7, 11) is 0. The van der Waals surface area contributed by atoms with Crippen LogP contribution in [0.1, 0.15) is 30.4 Å². The second-order valence-corrected chi connectivity index (χ2v) is 3.72. The number of halogens is 4. The van der Waals surface area contributed by atoms with E-state index in [9.17, 15) is 17.6 Å². The number of alkyl halides is 3. The predicted molar refractivity (Wildman–Crippen MR) is 53.5 cm³/mol. The van der Waals surface area contributed by atoms with E-state index in [-0.39, 0.29) is 5.92 Å². The van der Waals surface area contributed by atoms with Gasteiger partial charge in [-0.25, -0.2) is 4.39 Å². The Balaban J connectivity index is 3.00. The van der Waals surface area contributed by atoms with Crippen LogP contribution < -0.4 is 5.73 Å². The third kappa shape index (κ3) is 2.95. The van der Waals surface area contributed by atoms with E-state index in [1.807, 2.05) is 0 Å². The molecule has 90 valence electrons. The molecule has 0 spiro atoms. The molecular weight excluding hydrogens is 222 g/mol. The highest BCUT2D eigenvalue weighted by Gasteiger charge is 2.34. The summed E-state index contributed by atoms with van der Waals surface area (Å²) >= 11 is 0. The first-order valence-electron chi connectivity index (χ1n) is 4.93. The van der Waals surface area contributed by atoms with Crippen molar-refractivity contribution in [2.75, 3.05) is 6.54 Å². The minimum absolute atomic E-state index is 0.0400. The van der Waals surface area contributed by atoms with E-state index in [2.05, 4.69) is 0 Å². The van der Waals surface area contributed by atoms with E-state index >= 15 is 0 Å². The number of hydrogen-bond acceptors (Lipinski definition) is 1. The summed E-state index contributed by atoms with van der Waals surface area (Å²) in [5, 5.41) is 0. The van der Waals surface area contributed by atoms with Gasteiger partial charge in [0.15, 0.2) is 0 Å². The maximum absolute atomic E-state index is 13.2. The summed E-state index contributed by atoms with van der Waals surface area (Å²) in [5.41, 5.74) is 4.64.